The first-order valence-electron chi connectivity index (χ1n) is 22.2. The number of aryl methyl sites for hydroxylation is 2. The van der Waals surface area contributed by atoms with Crippen LogP contribution in [0.1, 0.15) is 95.7 Å². The van der Waals surface area contributed by atoms with Gasteiger partial charge in [0.15, 0.2) is 11.5 Å². The Bertz CT molecular complexity index is 2640. The fraction of sp³-hybridized carbons (Fsp3) is 0.388. The van der Waals surface area contributed by atoms with Crippen molar-refractivity contribution in [2.45, 2.75) is 90.6 Å². The van der Waals surface area contributed by atoms with Crippen LogP contribution in [0.25, 0.3) is 21.8 Å². The number of rotatable bonds is 16. The Balaban J connectivity index is 0.846. The third kappa shape index (κ3) is 11.6. The van der Waals surface area contributed by atoms with E-state index in [0.717, 1.165) is 40.1 Å². The highest BCUT2D eigenvalue weighted by Crippen LogP contribution is 2.33. The minimum atomic E-state index is -1.06. The standard InChI is InChI=1S/C49H56N8O9S/c1-28-43(67-27-52-28)31-12-10-29(11-13-31)25-51-46(63)38-23-33(58)26-57(38)48(65)44(49(2,3)4)54-42(61)19-18-41(60)50-20-21-56(5)47(64)35-16-14-32(22-39(35)59)40-24-37(55-66-40)45(62)53-36-17-15-30-8-6-7-9-34(30)36/h6-14,16,22,24,27,33,36,38,44,58-59H,15,17-21,23,25-26H2,1-5H3,(H,50,60)(H,51,63)(H,53,62)(H,54,61)/t33-,36-,38+,44-/m1/s1. The van der Waals surface area contributed by atoms with Gasteiger partial charge in [0, 0.05) is 64.1 Å². The molecule has 0 unspecified atom stereocenters. The zero-order chi connectivity index (χ0) is 48.0. The minimum Gasteiger partial charge on any atom is -0.507 e. The molecule has 352 valence electrons. The number of fused-ring (bicyclic) bond motifs is 1. The average Bonchev–Trinajstić information content (AvgIpc) is 4.13. The molecule has 3 heterocycles. The quantitative estimate of drug-likeness (QED) is 0.0795. The SMILES string of the molecule is Cc1ncsc1-c1ccc(CNC(=O)[C@@H]2C[C@@H](O)CN2C(=O)[C@@H](NC(=O)CCC(=O)NCCN(C)C(=O)c2ccc(-c3cc(C(=O)N[C@@H]4CCc5ccccc54)no3)cc2O)C(C)(C)C)cc1. The van der Waals surface area contributed by atoms with Gasteiger partial charge in [-0.2, -0.15) is 0 Å². The number of nitrogens with zero attached hydrogens (tertiary/aromatic N) is 4. The molecule has 1 aliphatic heterocycles. The summed E-state index contributed by atoms with van der Waals surface area (Å²) in [7, 11) is 1.51. The Hall–Kier alpha value is -6.92. The summed E-state index contributed by atoms with van der Waals surface area (Å²) in [4.78, 5) is 87.7. The molecule has 0 saturated carbocycles. The van der Waals surface area contributed by atoms with Gasteiger partial charge in [0.05, 0.1) is 33.8 Å². The number of carbonyl (C=O) groups excluding carboxylic acids is 6. The molecular weight excluding hydrogens is 877 g/mol. The lowest BCUT2D eigenvalue weighted by Crippen LogP contribution is -2.57. The highest BCUT2D eigenvalue weighted by molar-refractivity contribution is 7.13. The smallest absolute Gasteiger partial charge is 0.273 e. The zero-order valence-electron chi connectivity index (χ0n) is 38.1. The number of aliphatic hydroxyl groups excluding tert-OH is 1. The summed E-state index contributed by atoms with van der Waals surface area (Å²) >= 11 is 1.55. The van der Waals surface area contributed by atoms with Crippen molar-refractivity contribution in [3.8, 4) is 27.5 Å². The van der Waals surface area contributed by atoms with Crippen molar-refractivity contribution in [2.24, 2.45) is 5.41 Å². The number of phenolic OH excluding ortho intramolecular Hbond substituents is 1. The number of thiazole rings is 1. The average molecular weight is 933 g/mol. The van der Waals surface area contributed by atoms with E-state index in [1.807, 2.05) is 55.5 Å². The van der Waals surface area contributed by atoms with Crippen molar-refractivity contribution in [2.75, 3.05) is 26.7 Å². The highest BCUT2D eigenvalue weighted by Gasteiger charge is 2.44. The van der Waals surface area contributed by atoms with E-state index in [1.54, 1.807) is 43.7 Å². The van der Waals surface area contributed by atoms with Crippen LogP contribution in [-0.4, -0.2) is 110 Å². The van der Waals surface area contributed by atoms with Crippen LogP contribution in [0.2, 0.25) is 0 Å². The number of aromatic nitrogens is 2. The normalized spacial score (nSPS) is 17.0. The molecule has 6 amide bonds. The number of benzene rings is 3. The van der Waals surface area contributed by atoms with E-state index in [-0.39, 0.29) is 80.2 Å². The van der Waals surface area contributed by atoms with Gasteiger partial charge in [-0.3, -0.25) is 28.8 Å². The Morgan fingerprint density at radius 3 is 2.40 bits per heavy atom. The maximum atomic E-state index is 14.0. The lowest BCUT2D eigenvalue weighted by atomic mass is 9.85. The van der Waals surface area contributed by atoms with Gasteiger partial charge in [-0.1, -0.05) is 80.5 Å². The maximum absolute atomic E-state index is 14.0. The van der Waals surface area contributed by atoms with Gasteiger partial charge in [-0.05, 0) is 59.6 Å². The number of likely N-dealkylation sites (N-methyl/N-ethyl adjacent to an activating group) is 1. The lowest BCUT2D eigenvalue weighted by Gasteiger charge is -2.35. The molecule has 67 heavy (non-hydrogen) atoms. The van der Waals surface area contributed by atoms with Crippen LogP contribution in [-0.2, 0) is 32.1 Å². The van der Waals surface area contributed by atoms with Crippen LogP contribution in [0.15, 0.2) is 82.8 Å². The second-order valence-electron chi connectivity index (χ2n) is 18.1. The Morgan fingerprint density at radius 2 is 1.69 bits per heavy atom. The predicted molar refractivity (Wildman–Crippen MR) is 249 cm³/mol. The number of β-amino-alcohol motifs (C(OH)–C–C–N with tert-alkyl or cyclic N) is 1. The molecule has 18 heteroatoms. The number of amides is 6. The number of aromatic hydroxyl groups is 1. The third-order valence-corrected chi connectivity index (χ3v) is 13.1. The monoisotopic (exact) mass is 932 g/mol. The number of hydrogen-bond acceptors (Lipinski definition) is 12. The molecule has 1 saturated heterocycles. The molecule has 17 nitrogen and oxygen atoms in total. The van der Waals surface area contributed by atoms with Gasteiger partial charge < -0.3 is 45.8 Å². The molecule has 0 radical (unpaired) electrons. The van der Waals surface area contributed by atoms with Crippen LogP contribution in [0, 0.1) is 12.3 Å². The first-order valence-corrected chi connectivity index (χ1v) is 23.1. The minimum absolute atomic E-state index is 0.00845. The number of hydrogen-bond donors (Lipinski definition) is 6. The van der Waals surface area contributed by atoms with Crippen molar-refractivity contribution < 1.29 is 43.5 Å². The van der Waals surface area contributed by atoms with Gasteiger partial charge in [-0.15, -0.1) is 11.3 Å². The number of aliphatic hydroxyl groups is 1. The second kappa shape index (κ2) is 20.7. The summed E-state index contributed by atoms with van der Waals surface area (Å²) in [5.41, 5.74) is 6.61. The van der Waals surface area contributed by atoms with E-state index in [1.165, 1.54) is 40.6 Å². The summed E-state index contributed by atoms with van der Waals surface area (Å²) in [5, 5.41) is 36.6. The molecule has 0 bridgehead atoms. The van der Waals surface area contributed by atoms with E-state index in [4.69, 9.17) is 4.52 Å². The zero-order valence-corrected chi connectivity index (χ0v) is 38.9. The third-order valence-electron chi connectivity index (χ3n) is 12.1. The second-order valence-corrected chi connectivity index (χ2v) is 18.9. The van der Waals surface area contributed by atoms with Crippen molar-refractivity contribution in [3.63, 3.8) is 0 Å². The summed E-state index contributed by atoms with van der Waals surface area (Å²) in [5.74, 6) is -2.93. The summed E-state index contributed by atoms with van der Waals surface area (Å²) in [6, 6.07) is 19.4. The Labute approximate surface area is 392 Å². The summed E-state index contributed by atoms with van der Waals surface area (Å²) in [6.45, 7) is 7.56. The van der Waals surface area contributed by atoms with Gasteiger partial charge in [-0.25, -0.2) is 4.98 Å². The molecule has 1 aliphatic carbocycles. The van der Waals surface area contributed by atoms with E-state index < -0.39 is 53.1 Å². The molecule has 0 spiro atoms. The number of carbonyl (C=O) groups is 6. The van der Waals surface area contributed by atoms with Gasteiger partial charge in [0.25, 0.3) is 11.8 Å². The maximum Gasteiger partial charge on any atom is 0.273 e. The molecule has 3 aromatic carbocycles. The van der Waals surface area contributed by atoms with Crippen LogP contribution in [0.5, 0.6) is 5.75 Å². The van der Waals surface area contributed by atoms with E-state index in [2.05, 4.69) is 31.4 Å². The highest BCUT2D eigenvalue weighted by atomic mass is 32.1. The van der Waals surface area contributed by atoms with Crippen molar-refractivity contribution >= 4 is 46.8 Å². The van der Waals surface area contributed by atoms with Crippen molar-refractivity contribution in [3.05, 3.63) is 112 Å². The van der Waals surface area contributed by atoms with Crippen molar-refractivity contribution in [1.82, 2.24) is 41.2 Å². The van der Waals surface area contributed by atoms with E-state index >= 15 is 0 Å². The Kier molecular flexibility index (Phi) is 14.9. The fourth-order valence-electron chi connectivity index (χ4n) is 8.32. The van der Waals surface area contributed by atoms with Gasteiger partial charge in [0.2, 0.25) is 23.6 Å². The topological polar surface area (TPSA) is 236 Å². The lowest BCUT2D eigenvalue weighted by molar-refractivity contribution is -0.144. The molecule has 6 N–H and O–H groups in total. The number of nitrogens with one attached hydrogen (secondary N) is 4. The molecule has 7 rings (SSSR count). The van der Waals surface area contributed by atoms with Crippen molar-refractivity contribution in [1.29, 1.82) is 0 Å². The first kappa shape index (κ1) is 48.0. The van der Waals surface area contributed by atoms with Crippen LogP contribution in [0.4, 0.5) is 0 Å². The van der Waals surface area contributed by atoms with Gasteiger partial charge >= 0.3 is 0 Å². The molecule has 2 aromatic heterocycles. The molecular formula is C49H56N8O9S. The first-order chi connectivity index (χ1) is 32.0. The van der Waals surface area contributed by atoms with E-state index in [9.17, 15) is 39.0 Å². The predicted octanol–water partition coefficient (Wildman–Crippen LogP) is 4.67. The molecule has 4 atom stereocenters. The van der Waals surface area contributed by atoms with E-state index in [0.29, 0.717) is 5.56 Å². The van der Waals surface area contributed by atoms with Crippen LogP contribution < -0.4 is 21.3 Å². The largest absolute Gasteiger partial charge is 0.507 e. The molecule has 2 aliphatic rings. The summed E-state index contributed by atoms with van der Waals surface area (Å²) in [6.07, 6.45) is 0.342. The Morgan fingerprint density at radius 1 is 0.955 bits per heavy atom. The van der Waals surface area contributed by atoms with Crippen LogP contribution >= 0.6 is 11.3 Å². The number of phenols is 1. The fourth-order valence-corrected chi connectivity index (χ4v) is 9.13. The van der Waals surface area contributed by atoms with Crippen LogP contribution in [0.3, 0.4) is 0 Å². The molecule has 5 aromatic rings. The number of likely N-dealkylation sites (tertiary alicyclic amines) is 1. The van der Waals surface area contributed by atoms with Gasteiger partial charge in [0.1, 0.15) is 17.8 Å². The molecule has 1 fully saturated rings. The summed E-state index contributed by atoms with van der Waals surface area (Å²) < 4.78 is 5.41.